The van der Waals surface area contributed by atoms with Gasteiger partial charge in [-0.05, 0) is 43.9 Å². The molecular weight excluding hydrogens is 241 g/mol. The van der Waals surface area contributed by atoms with Crippen LogP contribution in [0.15, 0.2) is 18.2 Å². The fourth-order valence-electron chi connectivity index (χ4n) is 2.06. The third-order valence-electron chi connectivity index (χ3n) is 2.97. The van der Waals surface area contributed by atoms with Crippen molar-refractivity contribution >= 4 is 17.3 Å². The zero-order valence-electron chi connectivity index (χ0n) is 9.72. The van der Waals surface area contributed by atoms with Crippen LogP contribution in [0.5, 0.6) is 0 Å². The second-order valence-corrected chi connectivity index (χ2v) is 4.74. The summed E-state index contributed by atoms with van der Waals surface area (Å²) in [6, 6.07) is 4.40. The van der Waals surface area contributed by atoms with Crippen molar-refractivity contribution in [1.29, 1.82) is 0 Å². The number of hydrogen-bond acceptors (Lipinski definition) is 2. The first-order valence-electron chi connectivity index (χ1n) is 6.06. The highest BCUT2D eigenvalue weighted by Gasteiger charge is 2.14. The Labute approximate surface area is 106 Å². The summed E-state index contributed by atoms with van der Waals surface area (Å²) in [5.74, 6) is -0.306. The van der Waals surface area contributed by atoms with Crippen LogP contribution in [0.3, 0.4) is 0 Å². The molecule has 0 saturated carbocycles. The Balaban J connectivity index is 1.70. The first-order chi connectivity index (χ1) is 8.25. The van der Waals surface area contributed by atoms with Crippen molar-refractivity contribution in [1.82, 2.24) is 0 Å². The van der Waals surface area contributed by atoms with E-state index < -0.39 is 0 Å². The second-order valence-electron chi connectivity index (χ2n) is 4.33. The topological polar surface area (TPSA) is 21.3 Å². The summed E-state index contributed by atoms with van der Waals surface area (Å²) in [6.07, 6.45) is 4.91. The minimum Gasteiger partial charge on any atom is -0.384 e. The van der Waals surface area contributed by atoms with Gasteiger partial charge in [0.25, 0.3) is 0 Å². The predicted molar refractivity (Wildman–Crippen MR) is 68.1 cm³/mol. The SMILES string of the molecule is Fc1ccc(NCCCC2CCCO2)c(Cl)c1. The van der Waals surface area contributed by atoms with E-state index in [4.69, 9.17) is 16.3 Å². The Hall–Kier alpha value is -0.800. The van der Waals surface area contributed by atoms with Gasteiger partial charge in [0.2, 0.25) is 0 Å². The summed E-state index contributed by atoms with van der Waals surface area (Å²) in [5, 5.41) is 3.64. The lowest BCUT2D eigenvalue weighted by Crippen LogP contribution is -2.09. The number of halogens is 2. The molecule has 2 nitrogen and oxygen atoms in total. The van der Waals surface area contributed by atoms with Crippen LogP contribution >= 0.6 is 11.6 Å². The van der Waals surface area contributed by atoms with Crippen molar-refractivity contribution in [3.63, 3.8) is 0 Å². The molecule has 1 aliphatic rings. The molecule has 0 amide bonds. The molecule has 0 aromatic heterocycles. The van der Waals surface area contributed by atoms with E-state index in [1.54, 1.807) is 6.07 Å². The molecule has 1 saturated heterocycles. The van der Waals surface area contributed by atoms with E-state index in [1.165, 1.54) is 25.0 Å². The van der Waals surface area contributed by atoms with Gasteiger partial charge >= 0.3 is 0 Å². The van der Waals surface area contributed by atoms with Crippen LogP contribution < -0.4 is 5.32 Å². The van der Waals surface area contributed by atoms with Crippen molar-refractivity contribution < 1.29 is 9.13 Å². The van der Waals surface area contributed by atoms with Gasteiger partial charge in [-0.1, -0.05) is 11.6 Å². The third-order valence-corrected chi connectivity index (χ3v) is 3.29. The zero-order valence-corrected chi connectivity index (χ0v) is 10.5. The summed E-state index contributed by atoms with van der Waals surface area (Å²) in [5.41, 5.74) is 0.792. The largest absolute Gasteiger partial charge is 0.384 e. The van der Waals surface area contributed by atoms with E-state index in [1.807, 2.05) is 0 Å². The lowest BCUT2D eigenvalue weighted by atomic mass is 10.1. The third kappa shape index (κ3) is 3.86. The molecular formula is C13H17ClFNO. The number of hydrogen-bond donors (Lipinski definition) is 1. The average molecular weight is 258 g/mol. The van der Waals surface area contributed by atoms with E-state index in [-0.39, 0.29) is 5.82 Å². The quantitative estimate of drug-likeness (QED) is 0.809. The van der Waals surface area contributed by atoms with Gasteiger partial charge < -0.3 is 10.1 Å². The van der Waals surface area contributed by atoms with Crippen molar-refractivity contribution in [2.24, 2.45) is 0 Å². The van der Waals surface area contributed by atoms with E-state index in [9.17, 15) is 4.39 Å². The maximum Gasteiger partial charge on any atom is 0.124 e. The van der Waals surface area contributed by atoms with Crippen molar-refractivity contribution in [3.8, 4) is 0 Å². The summed E-state index contributed by atoms with van der Waals surface area (Å²) in [6.45, 7) is 1.74. The molecule has 1 atom stereocenters. The van der Waals surface area contributed by atoms with Gasteiger partial charge in [0.15, 0.2) is 0 Å². The van der Waals surface area contributed by atoms with Gasteiger partial charge in [0, 0.05) is 13.2 Å². The molecule has 17 heavy (non-hydrogen) atoms. The Morgan fingerprint density at radius 1 is 1.47 bits per heavy atom. The van der Waals surface area contributed by atoms with Gasteiger partial charge in [0.1, 0.15) is 5.82 Å². The Kier molecular flexibility index (Phi) is 4.63. The molecule has 0 aliphatic carbocycles. The molecule has 2 rings (SSSR count). The first kappa shape index (κ1) is 12.7. The average Bonchev–Trinajstić information content (AvgIpc) is 2.79. The van der Waals surface area contributed by atoms with Crippen LogP contribution in [-0.2, 0) is 4.74 Å². The maximum atomic E-state index is 12.8. The summed E-state index contributed by atoms with van der Waals surface area (Å²) >= 11 is 5.91. The van der Waals surface area contributed by atoms with E-state index in [0.29, 0.717) is 11.1 Å². The second kappa shape index (κ2) is 6.22. The number of benzene rings is 1. The Morgan fingerprint density at radius 3 is 3.06 bits per heavy atom. The minimum atomic E-state index is -0.306. The fourth-order valence-corrected chi connectivity index (χ4v) is 2.29. The summed E-state index contributed by atoms with van der Waals surface area (Å²) in [7, 11) is 0. The van der Waals surface area contributed by atoms with E-state index in [0.717, 1.165) is 31.7 Å². The van der Waals surface area contributed by atoms with Crippen molar-refractivity contribution in [3.05, 3.63) is 29.0 Å². The van der Waals surface area contributed by atoms with Crippen LogP contribution in [0.4, 0.5) is 10.1 Å². The summed E-state index contributed by atoms with van der Waals surface area (Å²) in [4.78, 5) is 0. The predicted octanol–water partition coefficient (Wildman–Crippen LogP) is 3.85. The zero-order chi connectivity index (χ0) is 12.1. The standard InChI is InChI=1S/C13H17ClFNO/c14-12-9-10(15)5-6-13(12)16-7-1-3-11-4-2-8-17-11/h5-6,9,11,16H,1-4,7-8H2. The maximum absolute atomic E-state index is 12.8. The van der Waals surface area contributed by atoms with Crippen molar-refractivity contribution in [2.45, 2.75) is 31.8 Å². The smallest absolute Gasteiger partial charge is 0.124 e. The monoisotopic (exact) mass is 257 g/mol. The van der Waals surface area contributed by atoms with Gasteiger partial charge in [0.05, 0.1) is 16.8 Å². The molecule has 1 heterocycles. The fraction of sp³-hybridized carbons (Fsp3) is 0.538. The highest BCUT2D eigenvalue weighted by Crippen LogP contribution is 2.22. The van der Waals surface area contributed by atoms with Gasteiger partial charge in [-0.3, -0.25) is 0 Å². The first-order valence-corrected chi connectivity index (χ1v) is 6.44. The molecule has 94 valence electrons. The lowest BCUT2D eigenvalue weighted by Gasteiger charge is -2.11. The number of anilines is 1. The van der Waals surface area contributed by atoms with E-state index in [2.05, 4.69) is 5.32 Å². The number of ether oxygens (including phenoxy) is 1. The molecule has 1 aliphatic heterocycles. The van der Waals surface area contributed by atoms with Crippen LogP contribution in [0.1, 0.15) is 25.7 Å². The molecule has 0 radical (unpaired) electrons. The number of nitrogens with one attached hydrogen (secondary N) is 1. The molecule has 0 spiro atoms. The van der Waals surface area contributed by atoms with Crippen LogP contribution in [-0.4, -0.2) is 19.3 Å². The summed E-state index contributed by atoms with van der Waals surface area (Å²) < 4.78 is 18.4. The molecule has 1 unspecified atom stereocenters. The normalized spacial score (nSPS) is 19.5. The van der Waals surface area contributed by atoms with E-state index >= 15 is 0 Å². The highest BCUT2D eigenvalue weighted by atomic mass is 35.5. The number of rotatable bonds is 5. The molecule has 1 aromatic rings. The van der Waals surface area contributed by atoms with Crippen LogP contribution in [0, 0.1) is 5.82 Å². The Morgan fingerprint density at radius 2 is 2.35 bits per heavy atom. The lowest BCUT2D eigenvalue weighted by molar-refractivity contribution is 0.103. The Bertz CT molecular complexity index is 366. The van der Waals surface area contributed by atoms with Crippen LogP contribution in [0.2, 0.25) is 5.02 Å². The van der Waals surface area contributed by atoms with Gasteiger partial charge in [-0.15, -0.1) is 0 Å². The molecule has 1 fully saturated rings. The van der Waals surface area contributed by atoms with Gasteiger partial charge in [-0.2, -0.15) is 0 Å². The molecule has 4 heteroatoms. The molecule has 0 bridgehead atoms. The van der Waals surface area contributed by atoms with Gasteiger partial charge in [-0.25, -0.2) is 4.39 Å². The molecule has 1 N–H and O–H groups in total. The van der Waals surface area contributed by atoms with Crippen molar-refractivity contribution in [2.75, 3.05) is 18.5 Å². The molecule has 1 aromatic carbocycles. The van der Waals surface area contributed by atoms with Crippen LogP contribution in [0.25, 0.3) is 0 Å². The minimum absolute atomic E-state index is 0.306. The highest BCUT2D eigenvalue weighted by molar-refractivity contribution is 6.33.